The number of amides is 1. The lowest BCUT2D eigenvalue weighted by atomic mass is 10.0. The van der Waals surface area contributed by atoms with E-state index < -0.39 is 0 Å². The Labute approximate surface area is 127 Å². The highest BCUT2D eigenvalue weighted by Crippen LogP contribution is 2.26. The van der Waals surface area contributed by atoms with Crippen LogP contribution in [0.2, 0.25) is 0 Å². The first kappa shape index (κ1) is 13.8. The molecule has 0 unspecified atom stereocenters. The van der Waals surface area contributed by atoms with Crippen molar-refractivity contribution < 1.29 is 4.79 Å². The lowest BCUT2D eigenvalue weighted by Crippen LogP contribution is -2.27. The molecule has 1 fully saturated rings. The second-order valence-corrected chi connectivity index (χ2v) is 5.82. The van der Waals surface area contributed by atoms with Crippen LogP contribution in [0, 0.1) is 23.7 Å². The van der Waals surface area contributed by atoms with Crippen LogP contribution in [0.15, 0.2) is 35.2 Å². The average molecular weight is 296 g/mol. The Morgan fingerprint density at radius 1 is 1.52 bits per heavy atom. The van der Waals surface area contributed by atoms with E-state index in [1.165, 1.54) is 0 Å². The van der Waals surface area contributed by atoms with Gasteiger partial charge in [0.2, 0.25) is 5.91 Å². The first-order chi connectivity index (χ1) is 10.3. The van der Waals surface area contributed by atoms with Crippen LogP contribution >= 0.6 is 11.3 Å². The second kappa shape index (κ2) is 6.06. The third kappa shape index (κ3) is 3.11. The highest BCUT2D eigenvalue weighted by Gasteiger charge is 2.31. The number of hydrogen-bond acceptors (Lipinski definition) is 4. The van der Waals surface area contributed by atoms with Crippen molar-refractivity contribution in [3.05, 3.63) is 58.4 Å². The highest BCUT2D eigenvalue weighted by atomic mass is 32.1. The molecule has 0 bridgehead atoms. The normalized spacial score (nSPS) is 18.0. The Bertz CT molecular complexity index is 675. The predicted octanol–water partition coefficient (Wildman–Crippen LogP) is 2.62. The fourth-order valence-electron chi connectivity index (χ4n) is 2.53. The van der Waals surface area contributed by atoms with E-state index in [4.69, 9.17) is 5.26 Å². The van der Waals surface area contributed by atoms with Crippen molar-refractivity contribution in [1.82, 2.24) is 9.88 Å². The number of likely N-dealkylation sites (tertiary alicyclic amines) is 1. The van der Waals surface area contributed by atoms with Gasteiger partial charge in [0.1, 0.15) is 11.8 Å². The third-order valence-electron chi connectivity index (χ3n) is 3.59. The summed E-state index contributed by atoms with van der Waals surface area (Å²) in [5, 5.41) is 12.9. The summed E-state index contributed by atoms with van der Waals surface area (Å²) in [5.74, 6) is 0.133. The predicted molar refractivity (Wildman–Crippen MR) is 80.2 cm³/mol. The molecule has 3 heterocycles. The van der Waals surface area contributed by atoms with E-state index in [1.807, 2.05) is 34.9 Å². The zero-order valence-electron chi connectivity index (χ0n) is 11.4. The Morgan fingerprint density at radius 2 is 2.43 bits per heavy atom. The van der Waals surface area contributed by atoms with E-state index in [1.54, 1.807) is 23.6 Å². The van der Waals surface area contributed by atoms with E-state index in [0.29, 0.717) is 12.2 Å². The summed E-state index contributed by atoms with van der Waals surface area (Å²) in [5.41, 5.74) is 2.46. The van der Waals surface area contributed by atoms with E-state index in [0.717, 1.165) is 24.1 Å². The van der Waals surface area contributed by atoms with Crippen LogP contribution in [-0.4, -0.2) is 22.3 Å². The van der Waals surface area contributed by atoms with Crippen LogP contribution in [0.25, 0.3) is 0 Å². The summed E-state index contributed by atoms with van der Waals surface area (Å²) in [4.78, 5) is 18.2. The summed E-state index contributed by atoms with van der Waals surface area (Å²) in [7, 11) is 0. The maximum atomic E-state index is 12.4. The summed E-state index contributed by atoms with van der Waals surface area (Å²) < 4.78 is 0. The lowest BCUT2D eigenvalue weighted by Gasteiger charge is -2.16. The van der Waals surface area contributed by atoms with Crippen molar-refractivity contribution in [2.75, 3.05) is 6.54 Å². The van der Waals surface area contributed by atoms with Gasteiger partial charge in [-0.3, -0.25) is 4.79 Å². The molecule has 1 aliphatic heterocycles. The molecule has 105 valence electrons. The molecule has 1 aliphatic rings. The number of nitriles is 1. The third-order valence-corrected chi connectivity index (χ3v) is 4.29. The number of aromatic nitrogens is 1. The molecule has 0 N–H and O–H groups in total. The van der Waals surface area contributed by atoms with Crippen molar-refractivity contribution in [2.45, 2.75) is 13.0 Å². The molecule has 5 heteroatoms. The second-order valence-electron chi connectivity index (χ2n) is 5.04. The van der Waals surface area contributed by atoms with Crippen LogP contribution in [-0.2, 0) is 11.3 Å². The molecule has 1 atom stereocenters. The number of carbonyl (C=O) groups is 1. The maximum Gasteiger partial charge on any atom is 0.226 e. The Hall–Kier alpha value is -2.19. The molecule has 0 saturated carbocycles. The fraction of sp³-hybridized carbons (Fsp3) is 0.250. The highest BCUT2D eigenvalue weighted by molar-refractivity contribution is 7.08. The van der Waals surface area contributed by atoms with Gasteiger partial charge in [-0.05, 0) is 46.5 Å². The molecule has 3 rings (SSSR count). The number of nitrogens with zero attached hydrogens (tertiary/aromatic N) is 3. The number of hydrogen-bond donors (Lipinski definition) is 0. The Balaban J connectivity index is 1.65. The van der Waals surface area contributed by atoms with Gasteiger partial charge in [0, 0.05) is 31.6 Å². The topological polar surface area (TPSA) is 57.0 Å². The fourth-order valence-corrected chi connectivity index (χ4v) is 3.16. The van der Waals surface area contributed by atoms with Crippen molar-refractivity contribution in [3.63, 3.8) is 0 Å². The quantitative estimate of drug-likeness (QED) is 0.871. The maximum absolute atomic E-state index is 12.4. The van der Waals surface area contributed by atoms with E-state index >= 15 is 0 Å². The molecule has 2 aromatic rings. The zero-order valence-corrected chi connectivity index (χ0v) is 12.2. The molecule has 1 saturated heterocycles. The van der Waals surface area contributed by atoms with E-state index in [-0.39, 0.29) is 11.8 Å². The van der Waals surface area contributed by atoms with Crippen LogP contribution < -0.4 is 0 Å². The number of carbonyl (C=O) groups excluding carboxylic acids is 1. The van der Waals surface area contributed by atoms with Gasteiger partial charge in [-0.2, -0.15) is 16.6 Å². The lowest BCUT2D eigenvalue weighted by molar-refractivity contribution is -0.130. The molecular weight excluding hydrogens is 282 g/mol. The van der Waals surface area contributed by atoms with Crippen LogP contribution in [0.5, 0.6) is 0 Å². The van der Waals surface area contributed by atoms with Gasteiger partial charge in [0.25, 0.3) is 0 Å². The van der Waals surface area contributed by atoms with Crippen molar-refractivity contribution in [3.8, 4) is 6.07 Å². The van der Waals surface area contributed by atoms with Gasteiger partial charge in [-0.1, -0.05) is 0 Å². The van der Waals surface area contributed by atoms with E-state index in [9.17, 15) is 4.79 Å². The molecule has 2 aromatic heterocycles. The van der Waals surface area contributed by atoms with Crippen LogP contribution in [0.4, 0.5) is 0 Å². The van der Waals surface area contributed by atoms with Gasteiger partial charge in [-0.25, -0.2) is 4.98 Å². The zero-order chi connectivity index (χ0) is 14.7. The smallest absolute Gasteiger partial charge is 0.226 e. The Morgan fingerprint density at radius 3 is 3.19 bits per heavy atom. The molecule has 1 amide bonds. The molecule has 0 aliphatic carbocycles. The Kier molecular flexibility index (Phi) is 3.98. The summed E-state index contributed by atoms with van der Waals surface area (Å²) in [6.45, 7) is 1.30. The van der Waals surface area contributed by atoms with Gasteiger partial charge >= 0.3 is 0 Å². The van der Waals surface area contributed by atoms with Gasteiger partial charge in [0.15, 0.2) is 0 Å². The minimum absolute atomic E-state index is 0.0307. The molecule has 0 spiro atoms. The van der Waals surface area contributed by atoms with Crippen molar-refractivity contribution in [2.24, 2.45) is 5.92 Å². The molecule has 0 aromatic carbocycles. The van der Waals surface area contributed by atoms with Gasteiger partial charge in [-0.15, -0.1) is 0 Å². The standard InChI is InChI=1S/C16H14N3OS/c17-9-15-8-12(1-4-18-15)10-19-5-2-14(16(19)20)7-13-3-6-21-11-13/h1,3-4,6-8,11,14H,2,5,10H2/t14-/m1/s1. The van der Waals surface area contributed by atoms with Crippen molar-refractivity contribution in [1.29, 1.82) is 5.26 Å². The summed E-state index contributed by atoms with van der Waals surface area (Å²) in [6.07, 6.45) is 4.51. The molecule has 21 heavy (non-hydrogen) atoms. The largest absolute Gasteiger partial charge is 0.338 e. The number of pyridine rings is 1. The van der Waals surface area contributed by atoms with Crippen molar-refractivity contribution >= 4 is 17.2 Å². The first-order valence-corrected chi connectivity index (χ1v) is 7.71. The summed E-state index contributed by atoms with van der Waals surface area (Å²) in [6, 6.07) is 7.64. The van der Waals surface area contributed by atoms with Gasteiger partial charge in [0.05, 0.1) is 0 Å². The molecule has 1 radical (unpaired) electrons. The minimum atomic E-state index is -0.0307. The molecule has 4 nitrogen and oxygen atoms in total. The minimum Gasteiger partial charge on any atom is -0.338 e. The number of rotatable bonds is 4. The van der Waals surface area contributed by atoms with Crippen LogP contribution in [0.1, 0.15) is 23.2 Å². The average Bonchev–Trinajstić information content (AvgIpc) is 3.13. The van der Waals surface area contributed by atoms with Crippen LogP contribution in [0.3, 0.4) is 0 Å². The van der Waals surface area contributed by atoms with E-state index in [2.05, 4.69) is 10.4 Å². The molecular formula is C16H14N3OS. The number of thiophene rings is 1. The monoisotopic (exact) mass is 296 g/mol. The SMILES string of the molecule is N#Cc1cc(CN2CC[C@H]([CH]c3ccsc3)C2=O)ccn1. The first-order valence-electron chi connectivity index (χ1n) is 6.77. The van der Waals surface area contributed by atoms with Gasteiger partial charge < -0.3 is 4.90 Å². The summed E-state index contributed by atoms with van der Waals surface area (Å²) >= 11 is 1.64.